The number of carbonyl (C=O) groups excluding carboxylic acids is 2. The molecule has 6 rings (SSSR count). The number of amides is 1. The molecule has 0 unspecified atom stereocenters. The van der Waals surface area contributed by atoms with E-state index in [9.17, 15) is 43.9 Å². The van der Waals surface area contributed by atoms with E-state index in [4.69, 9.17) is 28.4 Å². The second-order valence-corrected chi connectivity index (χ2v) is 32.5. The first-order valence-corrected chi connectivity index (χ1v) is 35.5. The number of halogens is 2. The van der Waals surface area contributed by atoms with E-state index in [1.807, 2.05) is 58.8 Å². The van der Waals surface area contributed by atoms with Gasteiger partial charge in [-0.3, -0.25) is 9.59 Å². The molecule has 15 nitrogen and oxygen atoms in total. The second-order valence-electron chi connectivity index (χ2n) is 28.1. The van der Waals surface area contributed by atoms with Crippen molar-refractivity contribution >= 4 is 29.7 Å². The van der Waals surface area contributed by atoms with Gasteiger partial charge in [-0.15, -0.1) is 0 Å². The molecule has 0 aromatic heterocycles. The summed E-state index contributed by atoms with van der Waals surface area (Å²) in [6, 6.07) is 20.2. The van der Waals surface area contributed by atoms with E-state index in [0.717, 1.165) is 57.5 Å². The SMILES string of the molecule is CC[C@H]1OC(=O)[C@H](C)[C@@H](COC[C@H]2C[C@@](C)(OC)[C@@H](O)[C@H](C)O2)[C@H](C)[C@@H](O[C@@H]2O[C@H](C)C[C@H](N(C)C)[C@H]2O)[C@](C)(O)C[C@@H](C)CN(C(=O)CCCCCCCCCCC[PH](c2ccccc2)(c2ccccc2)C2CCC(F)(F)CC2)[C@H](C)[C@@H](O)[C@]1(C)O. The van der Waals surface area contributed by atoms with Gasteiger partial charge < -0.3 is 63.8 Å². The van der Waals surface area contributed by atoms with Crippen molar-refractivity contribution < 1.29 is 72.3 Å². The van der Waals surface area contributed by atoms with Gasteiger partial charge in [-0.25, -0.2) is 0 Å². The summed E-state index contributed by atoms with van der Waals surface area (Å²) in [6.07, 6.45) is 4.09. The van der Waals surface area contributed by atoms with E-state index in [2.05, 4.69) is 48.5 Å². The third-order valence-corrected chi connectivity index (χ3v) is 26.7. The van der Waals surface area contributed by atoms with Crippen molar-refractivity contribution in [3.8, 4) is 0 Å². The van der Waals surface area contributed by atoms with Gasteiger partial charge in [0.25, 0.3) is 0 Å². The molecular weight excluding hydrogens is 1130 g/mol. The third kappa shape index (κ3) is 18.7. The number of carbonyl (C=O) groups is 2. The summed E-state index contributed by atoms with van der Waals surface area (Å²) in [5.41, 5.74) is -4.28. The number of likely N-dealkylation sites (N-methyl/N-ethyl adjacent to an activating group) is 1. The minimum absolute atomic E-state index is 0.0209. The quantitative estimate of drug-likeness (QED) is 0.0378. The summed E-state index contributed by atoms with van der Waals surface area (Å²) in [4.78, 5) is 32.9. The molecule has 3 aliphatic heterocycles. The van der Waals surface area contributed by atoms with Crippen LogP contribution < -0.4 is 10.6 Å². The molecular formula is C69H115F2N2O13P. The smallest absolute Gasteiger partial charge is 0.126 e. The van der Waals surface area contributed by atoms with Gasteiger partial charge in [0.15, 0.2) is 6.29 Å². The maximum atomic E-state index is 14.7. The summed E-state index contributed by atoms with van der Waals surface area (Å²) in [5, 5.41) is 63.1. The molecule has 18 heteroatoms. The van der Waals surface area contributed by atoms with Gasteiger partial charge in [0.1, 0.15) is 30.0 Å². The van der Waals surface area contributed by atoms with Crippen LogP contribution in [-0.4, -0.2) is 190 Å². The average molecular weight is 1250 g/mol. The number of alkyl halides is 2. The number of methoxy groups -OCH3 is 1. The summed E-state index contributed by atoms with van der Waals surface area (Å²) in [5.74, 6) is -6.13. The maximum absolute atomic E-state index is 14.7. The zero-order valence-electron chi connectivity index (χ0n) is 55.2. The van der Waals surface area contributed by atoms with Crippen LogP contribution in [0.2, 0.25) is 0 Å². The molecule has 1 aliphatic carbocycles. The van der Waals surface area contributed by atoms with Crippen LogP contribution in [0.5, 0.6) is 0 Å². The predicted molar refractivity (Wildman–Crippen MR) is 341 cm³/mol. The van der Waals surface area contributed by atoms with Gasteiger partial charge in [-0.05, 0) is 86.7 Å². The van der Waals surface area contributed by atoms with Gasteiger partial charge in [0, 0.05) is 32.0 Å². The van der Waals surface area contributed by atoms with E-state index in [1.165, 1.54) is 17.5 Å². The molecule has 3 heterocycles. The fourth-order valence-electron chi connectivity index (χ4n) is 15.5. The van der Waals surface area contributed by atoms with Crippen LogP contribution in [0.25, 0.3) is 0 Å². The first-order chi connectivity index (χ1) is 41.0. The minimum Gasteiger partial charge on any atom is -0.388 e. The molecule has 498 valence electrons. The molecule has 4 fully saturated rings. The number of esters is 1. The number of benzene rings is 2. The molecule has 2 aromatic carbocycles. The monoisotopic (exact) mass is 1250 g/mol. The van der Waals surface area contributed by atoms with E-state index in [1.54, 1.807) is 46.6 Å². The molecule has 4 aliphatic rings. The van der Waals surface area contributed by atoms with Crippen molar-refractivity contribution in [2.24, 2.45) is 23.7 Å². The summed E-state index contributed by atoms with van der Waals surface area (Å²) in [6.45, 7) is 17.9. The Balaban J connectivity index is 1.13. The van der Waals surface area contributed by atoms with Gasteiger partial charge >= 0.3 is 207 Å². The van der Waals surface area contributed by atoms with Gasteiger partial charge in [-0.2, -0.15) is 0 Å². The number of rotatable bonds is 24. The van der Waals surface area contributed by atoms with Crippen molar-refractivity contribution in [1.29, 1.82) is 0 Å². The molecule has 87 heavy (non-hydrogen) atoms. The Hall–Kier alpha value is -2.77. The molecule has 3 saturated heterocycles. The number of aliphatic hydroxyl groups is 5. The van der Waals surface area contributed by atoms with E-state index >= 15 is 0 Å². The third-order valence-electron chi connectivity index (χ3n) is 20.9. The molecule has 0 bridgehead atoms. The molecule has 18 atom stereocenters. The van der Waals surface area contributed by atoms with Crippen molar-refractivity contribution in [2.75, 3.05) is 47.1 Å². The van der Waals surface area contributed by atoms with E-state index in [0.29, 0.717) is 32.1 Å². The van der Waals surface area contributed by atoms with Crippen molar-refractivity contribution in [3.05, 3.63) is 60.7 Å². The Bertz CT molecular complexity index is 2330. The Morgan fingerprint density at radius 1 is 0.782 bits per heavy atom. The van der Waals surface area contributed by atoms with Crippen molar-refractivity contribution in [3.63, 3.8) is 0 Å². The zero-order valence-corrected chi connectivity index (χ0v) is 56.2. The molecule has 2 aromatic rings. The van der Waals surface area contributed by atoms with E-state index in [-0.39, 0.29) is 75.6 Å². The van der Waals surface area contributed by atoms with Crippen LogP contribution in [0.3, 0.4) is 0 Å². The molecule has 0 radical (unpaired) electrons. The van der Waals surface area contributed by atoms with Crippen LogP contribution in [0.1, 0.15) is 185 Å². The number of unbranched alkanes of at least 4 members (excludes halogenated alkanes) is 8. The van der Waals surface area contributed by atoms with Gasteiger partial charge in [0.05, 0.1) is 60.8 Å². The first kappa shape index (κ1) is 73.3. The number of hydrogen-bond donors (Lipinski definition) is 5. The Morgan fingerprint density at radius 3 is 1.90 bits per heavy atom. The number of hydrogen-bond acceptors (Lipinski definition) is 14. The zero-order chi connectivity index (χ0) is 64.1. The standard InChI is InChI=1S/C69H115F2N2O13P/c1-14-58-68(10,80)61(76)50(6)73(59(74)34-28-20-18-16-15-17-19-21-29-39-87(53-30-24-22-25-31-53,54-32-26-23-27-33-54)55-35-37-69(70,71)38-36-55)43-46(2)41-66(8,79)63(86-65-60(75)57(72(11)12)40-47(3)83-65)48(4)56(49(5)64(78)85-58)45-82-44-52-42-67(9,81-13)62(77)51(7)84-52/h22-27,30-33,46-52,55-58,60-63,65,75-77,79-80,87H,14-21,28-29,34-45H2,1-13H3/t46-,47-,48+,49-,50-,51+,52-,56+,57+,58-,60-,61-,62+,63-,65+,66-,67-,68-/m1/s1. The summed E-state index contributed by atoms with van der Waals surface area (Å²) >= 11 is 0. The first-order valence-electron chi connectivity index (χ1n) is 33.3. The topological polar surface area (TPSA) is 197 Å². The van der Waals surface area contributed by atoms with Crippen molar-refractivity contribution in [1.82, 2.24) is 9.80 Å². The molecule has 5 N–H and O–H groups in total. The summed E-state index contributed by atoms with van der Waals surface area (Å²) in [7, 11) is 2.96. The van der Waals surface area contributed by atoms with Crippen molar-refractivity contribution in [2.45, 2.75) is 280 Å². The average Bonchev–Trinajstić information content (AvgIpc) is 1.62. The van der Waals surface area contributed by atoms with E-state index < -0.39 is 115 Å². The Labute approximate surface area is 521 Å². The molecule has 1 saturated carbocycles. The van der Waals surface area contributed by atoms with Gasteiger partial charge in [-0.1, -0.05) is 27.7 Å². The molecule has 1 amide bonds. The van der Waals surface area contributed by atoms with Crippen LogP contribution in [-0.2, 0) is 38.0 Å². The van der Waals surface area contributed by atoms with Crippen LogP contribution in [0.15, 0.2) is 60.7 Å². The van der Waals surface area contributed by atoms with Crippen LogP contribution >= 0.6 is 7.26 Å². The Kier molecular flexibility index (Phi) is 27.5. The minimum atomic E-state index is -2.58. The Morgan fingerprint density at radius 2 is 1.34 bits per heavy atom. The predicted octanol–water partition coefficient (Wildman–Crippen LogP) is 9.97. The fraction of sp³-hybridized carbons (Fsp3) is 0.797. The summed E-state index contributed by atoms with van der Waals surface area (Å²) < 4.78 is 67.0. The maximum Gasteiger partial charge on any atom is 0.126 e. The number of ether oxygens (including phenoxy) is 6. The number of cyclic esters (lactones) is 1. The normalized spacial score (nSPS) is 36.4. The fourth-order valence-corrected chi connectivity index (χ4v) is 21.5. The second kappa shape index (κ2) is 32.7. The molecule has 0 spiro atoms. The number of nitrogens with zero attached hydrogens (tertiary/aromatic N) is 2. The van der Waals surface area contributed by atoms with Gasteiger partial charge in [0.2, 0.25) is 0 Å². The van der Waals surface area contributed by atoms with Crippen LogP contribution in [0.4, 0.5) is 8.78 Å². The largest absolute Gasteiger partial charge is 0.388 e. The number of aliphatic hydroxyl groups excluding tert-OH is 3. The van der Waals surface area contributed by atoms with Crippen LogP contribution in [0, 0.1) is 23.7 Å².